The lowest BCUT2D eigenvalue weighted by atomic mass is 10.1. The number of hydrogen-bond acceptors (Lipinski definition) is 2. The van der Waals surface area contributed by atoms with Crippen molar-refractivity contribution in [3.8, 4) is 0 Å². The van der Waals surface area contributed by atoms with Crippen LogP contribution in [0.15, 0.2) is 48.5 Å². The lowest BCUT2D eigenvalue weighted by Crippen LogP contribution is -2.17. The number of anilines is 1. The minimum atomic E-state index is 0.930. The third-order valence-electron chi connectivity index (χ3n) is 3.61. The summed E-state index contributed by atoms with van der Waals surface area (Å²) in [4.78, 5) is 2.12. The highest BCUT2D eigenvalue weighted by molar-refractivity contribution is 5.45. The number of hydrogen-bond donors (Lipinski definition) is 1. The van der Waals surface area contributed by atoms with Gasteiger partial charge in [0.15, 0.2) is 0 Å². The van der Waals surface area contributed by atoms with E-state index in [1.807, 2.05) is 0 Å². The average Bonchev–Trinajstić information content (AvgIpc) is 2.46. The van der Waals surface area contributed by atoms with Gasteiger partial charge in [0.2, 0.25) is 0 Å². The van der Waals surface area contributed by atoms with Gasteiger partial charge in [0.25, 0.3) is 0 Å². The van der Waals surface area contributed by atoms with Crippen molar-refractivity contribution in [2.45, 2.75) is 19.9 Å². The summed E-state index contributed by atoms with van der Waals surface area (Å²) in [6.45, 7) is 4.12. The molecule has 0 saturated carbocycles. The monoisotopic (exact) mass is 268 g/mol. The molecular formula is C18H24N2. The first kappa shape index (κ1) is 14.6. The van der Waals surface area contributed by atoms with E-state index < -0.39 is 0 Å². The van der Waals surface area contributed by atoms with Crippen molar-refractivity contribution in [2.75, 3.05) is 25.5 Å². The van der Waals surface area contributed by atoms with E-state index >= 15 is 0 Å². The van der Waals surface area contributed by atoms with Crippen LogP contribution in [-0.2, 0) is 13.0 Å². The van der Waals surface area contributed by atoms with Crippen LogP contribution in [0.1, 0.15) is 16.7 Å². The molecule has 2 nitrogen and oxygen atoms in total. The molecule has 20 heavy (non-hydrogen) atoms. The smallest absolute Gasteiger partial charge is 0.0361 e. The predicted octanol–water partition coefficient (Wildman–Crippen LogP) is 3.39. The molecule has 0 aliphatic heterocycles. The summed E-state index contributed by atoms with van der Waals surface area (Å²) in [5.74, 6) is 0. The number of nitrogens with one attached hydrogen (secondary N) is 1. The maximum atomic E-state index is 3.51. The molecule has 0 spiro atoms. The van der Waals surface area contributed by atoms with E-state index in [0.29, 0.717) is 0 Å². The van der Waals surface area contributed by atoms with Gasteiger partial charge in [-0.15, -0.1) is 0 Å². The van der Waals surface area contributed by atoms with Gasteiger partial charge in [0.1, 0.15) is 0 Å². The minimum Gasteiger partial charge on any atom is -0.378 e. The van der Waals surface area contributed by atoms with Gasteiger partial charge in [-0.05, 0) is 48.7 Å². The van der Waals surface area contributed by atoms with Crippen molar-refractivity contribution in [3.63, 3.8) is 0 Å². The van der Waals surface area contributed by atoms with Gasteiger partial charge in [-0.25, -0.2) is 0 Å². The van der Waals surface area contributed by atoms with Crippen LogP contribution >= 0.6 is 0 Å². The van der Waals surface area contributed by atoms with Crippen LogP contribution in [0.4, 0.5) is 5.69 Å². The molecule has 0 unspecified atom stereocenters. The van der Waals surface area contributed by atoms with Crippen LogP contribution < -0.4 is 10.2 Å². The molecule has 0 amide bonds. The van der Waals surface area contributed by atoms with E-state index in [9.17, 15) is 0 Å². The summed E-state index contributed by atoms with van der Waals surface area (Å²) in [7, 11) is 4.13. The topological polar surface area (TPSA) is 15.3 Å². The maximum Gasteiger partial charge on any atom is 0.0361 e. The fourth-order valence-corrected chi connectivity index (χ4v) is 2.26. The molecule has 1 N–H and O–H groups in total. The first-order valence-corrected chi connectivity index (χ1v) is 7.18. The fourth-order valence-electron chi connectivity index (χ4n) is 2.26. The van der Waals surface area contributed by atoms with Crippen molar-refractivity contribution in [1.29, 1.82) is 0 Å². The van der Waals surface area contributed by atoms with Crippen molar-refractivity contribution in [1.82, 2.24) is 5.32 Å². The summed E-state index contributed by atoms with van der Waals surface area (Å²) in [5, 5.41) is 3.51. The third-order valence-corrected chi connectivity index (χ3v) is 3.61. The van der Waals surface area contributed by atoms with Gasteiger partial charge in [-0.1, -0.05) is 36.4 Å². The molecule has 0 aromatic heterocycles. The molecule has 0 atom stereocenters. The summed E-state index contributed by atoms with van der Waals surface area (Å²) in [6.07, 6.45) is 1.09. The standard InChI is InChI=1S/C18H24N2/c1-15-6-4-5-7-17(15)12-13-19-14-16-8-10-18(11-9-16)20(2)3/h4-11,19H,12-14H2,1-3H3. The average molecular weight is 268 g/mol. The largest absolute Gasteiger partial charge is 0.378 e. The molecule has 0 bridgehead atoms. The normalized spacial score (nSPS) is 10.6. The zero-order valence-electron chi connectivity index (χ0n) is 12.7. The van der Waals surface area contributed by atoms with Gasteiger partial charge in [0, 0.05) is 26.3 Å². The Morgan fingerprint density at radius 2 is 1.65 bits per heavy atom. The van der Waals surface area contributed by atoms with Gasteiger partial charge in [0.05, 0.1) is 0 Å². The van der Waals surface area contributed by atoms with Crippen LogP contribution in [0.2, 0.25) is 0 Å². The molecule has 0 radical (unpaired) electrons. The minimum absolute atomic E-state index is 0.930. The summed E-state index contributed by atoms with van der Waals surface area (Å²) in [6, 6.07) is 17.3. The molecule has 2 rings (SSSR count). The van der Waals surface area contributed by atoms with E-state index in [1.54, 1.807) is 0 Å². The second-order valence-electron chi connectivity index (χ2n) is 5.41. The fraction of sp³-hybridized carbons (Fsp3) is 0.333. The summed E-state index contributed by atoms with van der Waals surface area (Å²) in [5.41, 5.74) is 5.39. The van der Waals surface area contributed by atoms with Crippen molar-refractivity contribution < 1.29 is 0 Å². The van der Waals surface area contributed by atoms with Gasteiger partial charge >= 0.3 is 0 Å². The molecule has 2 heteroatoms. The Balaban J connectivity index is 1.77. The van der Waals surface area contributed by atoms with Crippen LogP contribution in [-0.4, -0.2) is 20.6 Å². The van der Waals surface area contributed by atoms with E-state index in [2.05, 4.69) is 79.8 Å². The maximum absolute atomic E-state index is 3.51. The molecule has 2 aromatic carbocycles. The van der Waals surface area contributed by atoms with E-state index in [0.717, 1.165) is 19.5 Å². The molecule has 0 heterocycles. The van der Waals surface area contributed by atoms with Crippen molar-refractivity contribution in [3.05, 3.63) is 65.2 Å². The Bertz CT molecular complexity index is 529. The Morgan fingerprint density at radius 3 is 2.30 bits per heavy atom. The van der Waals surface area contributed by atoms with E-state index in [1.165, 1.54) is 22.4 Å². The summed E-state index contributed by atoms with van der Waals surface area (Å²) >= 11 is 0. The molecule has 0 aliphatic rings. The van der Waals surface area contributed by atoms with Crippen LogP contribution in [0.3, 0.4) is 0 Å². The Kier molecular flexibility index (Phi) is 5.19. The molecule has 0 fully saturated rings. The predicted molar refractivity (Wildman–Crippen MR) is 87.4 cm³/mol. The van der Waals surface area contributed by atoms with Crippen LogP contribution in [0.25, 0.3) is 0 Å². The number of nitrogens with zero attached hydrogens (tertiary/aromatic N) is 1. The van der Waals surface area contributed by atoms with E-state index in [4.69, 9.17) is 0 Å². The van der Waals surface area contributed by atoms with Gasteiger partial charge in [-0.2, -0.15) is 0 Å². The first-order valence-electron chi connectivity index (χ1n) is 7.18. The van der Waals surface area contributed by atoms with Crippen LogP contribution in [0, 0.1) is 6.92 Å². The lowest BCUT2D eigenvalue weighted by Gasteiger charge is -2.13. The zero-order chi connectivity index (χ0) is 14.4. The Morgan fingerprint density at radius 1 is 0.950 bits per heavy atom. The van der Waals surface area contributed by atoms with Crippen molar-refractivity contribution in [2.24, 2.45) is 0 Å². The van der Waals surface area contributed by atoms with Gasteiger partial charge in [-0.3, -0.25) is 0 Å². The SMILES string of the molecule is Cc1ccccc1CCNCc1ccc(N(C)C)cc1. The number of rotatable bonds is 6. The lowest BCUT2D eigenvalue weighted by molar-refractivity contribution is 0.685. The Hall–Kier alpha value is -1.80. The van der Waals surface area contributed by atoms with Gasteiger partial charge < -0.3 is 10.2 Å². The second-order valence-corrected chi connectivity index (χ2v) is 5.41. The second kappa shape index (κ2) is 7.11. The van der Waals surface area contributed by atoms with Crippen molar-refractivity contribution >= 4 is 5.69 Å². The highest BCUT2D eigenvalue weighted by Gasteiger charge is 1.98. The highest BCUT2D eigenvalue weighted by atomic mass is 15.1. The number of benzene rings is 2. The third kappa shape index (κ3) is 4.10. The molecule has 0 saturated heterocycles. The Labute approximate surface area is 122 Å². The molecular weight excluding hydrogens is 244 g/mol. The quantitative estimate of drug-likeness (QED) is 0.808. The van der Waals surface area contributed by atoms with E-state index in [-0.39, 0.29) is 0 Å². The zero-order valence-corrected chi connectivity index (χ0v) is 12.7. The highest BCUT2D eigenvalue weighted by Crippen LogP contribution is 2.12. The summed E-state index contributed by atoms with van der Waals surface area (Å²) < 4.78 is 0. The first-order chi connectivity index (χ1) is 9.66. The molecule has 2 aromatic rings. The molecule has 106 valence electrons. The van der Waals surface area contributed by atoms with Crippen LogP contribution in [0.5, 0.6) is 0 Å². The molecule has 0 aliphatic carbocycles. The number of aryl methyl sites for hydroxylation is 1.